The molecular formula is C7H11NO. The van der Waals surface area contributed by atoms with E-state index in [2.05, 4.69) is 5.32 Å². The van der Waals surface area contributed by atoms with Gasteiger partial charge in [0.2, 0.25) is 5.91 Å². The molecule has 2 rings (SSSR count). The standard InChI is InChI=1S/C7H11NO/c9-7-4-5-1-2-6(3-5)8-7/h5-6H,1-4H2,(H,8,9). The van der Waals surface area contributed by atoms with Crippen molar-refractivity contribution in [3.8, 4) is 0 Å². The normalized spacial score (nSPS) is 40.7. The SMILES string of the molecule is O=C1CC2CCC(C2)N1. The fraction of sp³-hybridized carbons (Fsp3) is 0.857. The van der Waals surface area contributed by atoms with Crippen LogP contribution in [0, 0.1) is 5.92 Å². The molecule has 2 unspecified atom stereocenters. The molecule has 1 saturated heterocycles. The Morgan fingerprint density at radius 3 is 3.11 bits per heavy atom. The van der Waals surface area contributed by atoms with E-state index in [1.807, 2.05) is 0 Å². The molecule has 2 aliphatic rings. The van der Waals surface area contributed by atoms with E-state index in [9.17, 15) is 4.79 Å². The zero-order valence-electron chi connectivity index (χ0n) is 5.39. The van der Waals surface area contributed by atoms with Crippen molar-refractivity contribution < 1.29 is 4.79 Å². The summed E-state index contributed by atoms with van der Waals surface area (Å²) >= 11 is 0. The third kappa shape index (κ3) is 0.824. The van der Waals surface area contributed by atoms with Crippen LogP contribution in [0.3, 0.4) is 0 Å². The van der Waals surface area contributed by atoms with Gasteiger partial charge in [-0.15, -0.1) is 0 Å². The molecule has 0 spiro atoms. The number of piperidine rings is 1. The van der Waals surface area contributed by atoms with Gasteiger partial charge in [-0.25, -0.2) is 0 Å². The highest BCUT2D eigenvalue weighted by atomic mass is 16.1. The van der Waals surface area contributed by atoms with Gasteiger partial charge in [0.1, 0.15) is 0 Å². The van der Waals surface area contributed by atoms with Crippen molar-refractivity contribution in [3.63, 3.8) is 0 Å². The van der Waals surface area contributed by atoms with Crippen LogP contribution in [0.2, 0.25) is 0 Å². The number of hydrogen-bond acceptors (Lipinski definition) is 1. The highest BCUT2D eigenvalue weighted by Crippen LogP contribution is 2.31. The van der Waals surface area contributed by atoms with Crippen molar-refractivity contribution in [2.24, 2.45) is 5.92 Å². The molecule has 50 valence electrons. The molecule has 0 aromatic rings. The molecule has 2 bridgehead atoms. The lowest BCUT2D eigenvalue weighted by molar-refractivity contribution is -0.123. The van der Waals surface area contributed by atoms with Crippen molar-refractivity contribution in [1.29, 1.82) is 0 Å². The van der Waals surface area contributed by atoms with Crippen LogP contribution in [0.1, 0.15) is 25.7 Å². The number of rotatable bonds is 0. The summed E-state index contributed by atoms with van der Waals surface area (Å²) in [5.74, 6) is 0.998. The molecule has 0 aromatic carbocycles. The van der Waals surface area contributed by atoms with E-state index < -0.39 is 0 Å². The molecule has 9 heavy (non-hydrogen) atoms. The van der Waals surface area contributed by atoms with Crippen LogP contribution in [0.25, 0.3) is 0 Å². The number of carbonyl (C=O) groups is 1. The minimum Gasteiger partial charge on any atom is -0.353 e. The molecular weight excluding hydrogens is 114 g/mol. The molecule has 1 aliphatic carbocycles. The molecule has 1 aliphatic heterocycles. The van der Waals surface area contributed by atoms with Gasteiger partial charge in [0.05, 0.1) is 0 Å². The molecule has 0 aromatic heterocycles. The number of fused-ring (bicyclic) bond motifs is 2. The maximum atomic E-state index is 10.8. The predicted molar refractivity (Wildman–Crippen MR) is 33.9 cm³/mol. The second-order valence-corrected chi connectivity index (χ2v) is 3.15. The Hall–Kier alpha value is -0.530. The van der Waals surface area contributed by atoms with Gasteiger partial charge in [0.15, 0.2) is 0 Å². The van der Waals surface area contributed by atoms with Gasteiger partial charge < -0.3 is 5.32 Å². The maximum Gasteiger partial charge on any atom is 0.220 e. The van der Waals surface area contributed by atoms with Crippen LogP contribution in [-0.2, 0) is 4.79 Å². The Labute approximate surface area is 54.6 Å². The number of nitrogens with one attached hydrogen (secondary N) is 1. The summed E-state index contributed by atoms with van der Waals surface area (Å²) in [6, 6.07) is 0.538. The Morgan fingerprint density at radius 1 is 1.44 bits per heavy atom. The van der Waals surface area contributed by atoms with E-state index in [0.717, 1.165) is 12.3 Å². The molecule has 2 nitrogen and oxygen atoms in total. The Bertz CT molecular complexity index is 130. The van der Waals surface area contributed by atoms with E-state index in [4.69, 9.17) is 0 Å². The van der Waals surface area contributed by atoms with Crippen LogP contribution in [0.4, 0.5) is 0 Å². The zero-order valence-corrected chi connectivity index (χ0v) is 5.39. The zero-order chi connectivity index (χ0) is 6.27. The van der Waals surface area contributed by atoms with Crippen LogP contribution >= 0.6 is 0 Å². The second kappa shape index (κ2) is 1.72. The van der Waals surface area contributed by atoms with E-state index in [-0.39, 0.29) is 5.91 Å². The summed E-state index contributed by atoms with van der Waals surface area (Å²) in [6.45, 7) is 0. The largest absolute Gasteiger partial charge is 0.353 e. The maximum absolute atomic E-state index is 10.8. The summed E-state index contributed by atoms with van der Waals surface area (Å²) in [6.07, 6.45) is 4.52. The molecule has 2 fully saturated rings. The minimum atomic E-state index is 0.272. The first-order valence-corrected chi connectivity index (χ1v) is 3.64. The van der Waals surface area contributed by atoms with Gasteiger partial charge in [-0.2, -0.15) is 0 Å². The summed E-state index contributed by atoms with van der Waals surface area (Å²) in [4.78, 5) is 10.8. The van der Waals surface area contributed by atoms with Gasteiger partial charge in [0, 0.05) is 12.5 Å². The van der Waals surface area contributed by atoms with Crippen molar-refractivity contribution in [3.05, 3.63) is 0 Å². The lowest BCUT2D eigenvalue weighted by atomic mass is 10.0. The third-order valence-corrected chi connectivity index (χ3v) is 2.38. The quantitative estimate of drug-likeness (QED) is 0.506. The Balaban J connectivity index is 2.11. The first-order valence-electron chi connectivity index (χ1n) is 3.64. The fourth-order valence-corrected chi connectivity index (χ4v) is 1.94. The highest BCUT2D eigenvalue weighted by molar-refractivity contribution is 5.77. The monoisotopic (exact) mass is 125 g/mol. The fourth-order valence-electron chi connectivity index (χ4n) is 1.94. The van der Waals surface area contributed by atoms with Gasteiger partial charge in [-0.05, 0) is 25.2 Å². The molecule has 1 heterocycles. The van der Waals surface area contributed by atoms with Crippen LogP contribution < -0.4 is 5.32 Å². The Kier molecular flexibility index (Phi) is 1.01. The third-order valence-electron chi connectivity index (χ3n) is 2.38. The van der Waals surface area contributed by atoms with Crippen molar-refractivity contribution in [2.45, 2.75) is 31.7 Å². The van der Waals surface area contributed by atoms with Crippen LogP contribution in [0.5, 0.6) is 0 Å². The van der Waals surface area contributed by atoms with Crippen molar-refractivity contribution in [1.82, 2.24) is 5.32 Å². The molecule has 2 atom stereocenters. The van der Waals surface area contributed by atoms with Crippen LogP contribution in [0.15, 0.2) is 0 Å². The summed E-state index contributed by atoms with van der Waals surface area (Å²) in [7, 11) is 0. The lowest BCUT2D eigenvalue weighted by Crippen LogP contribution is -2.37. The second-order valence-electron chi connectivity index (χ2n) is 3.15. The average Bonchev–Trinajstić information content (AvgIpc) is 2.11. The summed E-state index contributed by atoms with van der Waals surface area (Å²) in [5.41, 5.74) is 0. The predicted octanol–water partition coefficient (Wildman–Crippen LogP) is 0.675. The van der Waals surface area contributed by atoms with Gasteiger partial charge >= 0.3 is 0 Å². The Morgan fingerprint density at radius 2 is 2.33 bits per heavy atom. The highest BCUT2D eigenvalue weighted by Gasteiger charge is 2.31. The van der Waals surface area contributed by atoms with E-state index in [0.29, 0.717) is 6.04 Å². The first-order chi connectivity index (χ1) is 4.34. The van der Waals surface area contributed by atoms with Gasteiger partial charge in [0.25, 0.3) is 0 Å². The first kappa shape index (κ1) is 5.27. The molecule has 0 radical (unpaired) electrons. The van der Waals surface area contributed by atoms with Gasteiger partial charge in [-0.3, -0.25) is 4.79 Å². The molecule has 1 amide bonds. The van der Waals surface area contributed by atoms with E-state index in [1.54, 1.807) is 0 Å². The lowest BCUT2D eigenvalue weighted by Gasteiger charge is -2.18. The number of hydrogen-bond donors (Lipinski definition) is 1. The number of carbonyl (C=O) groups excluding carboxylic acids is 1. The summed E-state index contributed by atoms with van der Waals surface area (Å²) < 4.78 is 0. The van der Waals surface area contributed by atoms with Crippen LogP contribution in [-0.4, -0.2) is 11.9 Å². The number of amides is 1. The van der Waals surface area contributed by atoms with E-state index >= 15 is 0 Å². The van der Waals surface area contributed by atoms with Crippen molar-refractivity contribution in [2.75, 3.05) is 0 Å². The van der Waals surface area contributed by atoms with E-state index in [1.165, 1.54) is 19.3 Å². The summed E-state index contributed by atoms with van der Waals surface area (Å²) in [5, 5.41) is 2.97. The minimum absolute atomic E-state index is 0.272. The average molecular weight is 125 g/mol. The molecule has 2 heteroatoms. The van der Waals surface area contributed by atoms with Gasteiger partial charge in [-0.1, -0.05) is 0 Å². The topological polar surface area (TPSA) is 29.1 Å². The molecule has 1 saturated carbocycles. The smallest absolute Gasteiger partial charge is 0.220 e. The molecule has 1 N–H and O–H groups in total. The van der Waals surface area contributed by atoms with Crippen molar-refractivity contribution >= 4 is 5.91 Å².